The van der Waals surface area contributed by atoms with Crippen molar-refractivity contribution in [1.82, 2.24) is 4.90 Å². The summed E-state index contributed by atoms with van der Waals surface area (Å²) in [6, 6.07) is 4.51. The van der Waals surface area contributed by atoms with Gasteiger partial charge >= 0.3 is 0 Å². The second-order valence-electron chi connectivity index (χ2n) is 6.47. The summed E-state index contributed by atoms with van der Waals surface area (Å²) in [5.41, 5.74) is 0.518. The average molecular weight is 324 g/mol. The lowest BCUT2D eigenvalue weighted by Gasteiger charge is -2.37. The van der Waals surface area contributed by atoms with Gasteiger partial charge < -0.3 is 0 Å². The summed E-state index contributed by atoms with van der Waals surface area (Å²) in [6.07, 6.45) is 8.08. The highest BCUT2D eigenvalue weighted by molar-refractivity contribution is 7.11. The van der Waals surface area contributed by atoms with Crippen LogP contribution in [0.5, 0.6) is 0 Å². The highest BCUT2D eigenvalue weighted by Crippen LogP contribution is 2.30. The molecule has 0 saturated carbocycles. The van der Waals surface area contributed by atoms with Crippen molar-refractivity contribution >= 4 is 11.3 Å². The van der Waals surface area contributed by atoms with E-state index in [1.54, 1.807) is 0 Å². The predicted octanol–water partition coefficient (Wildman–Crippen LogP) is 6.68. The Morgan fingerprint density at radius 1 is 1.27 bits per heavy atom. The Labute approximate surface area is 143 Å². The number of piperidine rings is 1. The molecule has 128 valence electrons. The number of likely N-dealkylation sites (tertiary alicyclic amines) is 1. The molecule has 1 aliphatic rings. The SMILES string of the molecule is C/C=C\CC.CC.Cc1ccc(CN2CCCC(C)(C)C2)s1. The minimum atomic E-state index is 0.518. The monoisotopic (exact) mass is 323 g/mol. The summed E-state index contributed by atoms with van der Waals surface area (Å²) < 4.78 is 0. The third-order valence-electron chi connectivity index (χ3n) is 3.63. The Hall–Kier alpha value is -0.600. The van der Waals surface area contributed by atoms with E-state index in [4.69, 9.17) is 0 Å². The van der Waals surface area contributed by atoms with Crippen LogP contribution in [0.25, 0.3) is 0 Å². The van der Waals surface area contributed by atoms with E-state index in [1.165, 1.54) is 35.7 Å². The molecule has 1 aliphatic heterocycles. The van der Waals surface area contributed by atoms with Crippen molar-refractivity contribution in [1.29, 1.82) is 0 Å². The van der Waals surface area contributed by atoms with Crippen molar-refractivity contribution in [3.05, 3.63) is 34.0 Å². The van der Waals surface area contributed by atoms with E-state index in [9.17, 15) is 0 Å². The van der Waals surface area contributed by atoms with Crippen LogP contribution in [-0.2, 0) is 6.54 Å². The fourth-order valence-electron chi connectivity index (χ4n) is 2.71. The molecule has 1 fully saturated rings. The third kappa shape index (κ3) is 9.42. The highest BCUT2D eigenvalue weighted by atomic mass is 32.1. The molecule has 2 rings (SSSR count). The van der Waals surface area contributed by atoms with Gasteiger partial charge in [-0.25, -0.2) is 0 Å². The summed E-state index contributed by atoms with van der Waals surface area (Å²) in [7, 11) is 0. The molecule has 22 heavy (non-hydrogen) atoms. The van der Waals surface area contributed by atoms with Gasteiger partial charge in [-0.3, -0.25) is 4.90 Å². The predicted molar refractivity (Wildman–Crippen MR) is 104 cm³/mol. The molecule has 2 heteroatoms. The minimum absolute atomic E-state index is 0.518. The van der Waals surface area contributed by atoms with Crippen LogP contribution in [0.4, 0.5) is 0 Å². The standard InChI is InChI=1S/C13H21NS.C5H10.C2H6/c1-11-5-6-12(15-11)9-14-8-4-7-13(2,3)10-14;1-3-5-4-2;1-2/h5-6H,4,7-10H2,1-3H3;3,5H,4H2,1-2H3;1-2H3/b;5-3-;. The maximum Gasteiger partial charge on any atom is 0.0328 e. The molecular formula is C20H37NS. The first-order valence-corrected chi connectivity index (χ1v) is 9.67. The summed E-state index contributed by atoms with van der Waals surface area (Å²) in [4.78, 5) is 5.56. The fourth-order valence-corrected chi connectivity index (χ4v) is 3.64. The van der Waals surface area contributed by atoms with Gasteiger partial charge in [-0.1, -0.05) is 46.8 Å². The summed E-state index contributed by atoms with van der Waals surface area (Å²) in [5, 5.41) is 0. The van der Waals surface area contributed by atoms with Gasteiger partial charge in [0.05, 0.1) is 0 Å². The van der Waals surface area contributed by atoms with Gasteiger partial charge in [0.15, 0.2) is 0 Å². The van der Waals surface area contributed by atoms with Gasteiger partial charge in [-0.15, -0.1) is 11.3 Å². The highest BCUT2D eigenvalue weighted by Gasteiger charge is 2.26. The van der Waals surface area contributed by atoms with Gasteiger partial charge in [0.1, 0.15) is 0 Å². The number of hydrogen-bond donors (Lipinski definition) is 0. The number of rotatable bonds is 3. The number of thiophene rings is 1. The van der Waals surface area contributed by atoms with Crippen LogP contribution in [0.1, 0.15) is 70.6 Å². The minimum Gasteiger partial charge on any atom is -0.298 e. The van der Waals surface area contributed by atoms with Gasteiger partial charge in [0.25, 0.3) is 0 Å². The average Bonchev–Trinajstić information content (AvgIpc) is 2.87. The smallest absolute Gasteiger partial charge is 0.0328 e. The first-order valence-electron chi connectivity index (χ1n) is 8.85. The normalized spacial score (nSPS) is 17.4. The third-order valence-corrected chi connectivity index (χ3v) is 4.61. The van der Waals surface area contributed by atoms with E-state index in [1.807, 2.05) is 32.1 Å². The second-order valence-corrected chi connectivity index (χ2v) is 7.84. The number of hydrogen-bond acceptors (Lipinski definition) is 2. The first-order chi connectivity index (χ1) is 10.5. The summed E-state index contributed by atoms with van der Waals surface area (Å²) >= 11 is 1.94. The van der Waals surface area contributed by atoms with E-state index in [-0.39, 0.29) is 0 Å². The number of nitrogens with zero attached hydrogens (tertiary/aromatic N) is 1. The van der Waals surface area contributed by atoms with Crippen LogP contribution < -0.4 is 0 Å². The molecule has 2 heterocycles. The van der Waals surface area contributed by atoms with Gasteiger partial charge in [-0.05, 0) is 57.2 Å². The van der Waals surface area contributed by atoms with Crippen molar-refractivity contribution in [3.63, 3.8) is 0 Å². The second kappa shape index (κ2) is 11.9. The quantitative estimate of drug-likeness (QED) is 0.561. The maximum absolute atomic E-state index is 2.61. The van der Waals surface area contributed by atoms with Gasteiger partial charge in [-0.2, -0.15) is 0 Å². The van der Waals surface area contributed by atoms with Crippen LogP contribution >= 0.6 is 11.3 Å². The van der Waals surface area contributed by atoms with Crippen LogP contribution in [0.2, 0.25) is 0 Å². The van der Waals surface area contributed by atoms with Crippen LogP contribution in [-0.4, -0.2) is 18.0 Å². The molecule has 0 amide bonds. The molecule has 1 saturated heterocycles. The first kappa shape index (κ1) is 21.4. The Kier molecular flexibility index (Phi) is 11.6. The largest absolute Gasteiger partial charge is 0.298 e. The van der Waals surface area contributed by atoms with E-state index in [0.717, 1.165) is 13.0 Å². The number of allylic oxidation sites excluding steroid dienone is 2. The molecule has 0 atom stereocenters. The van der Waals surface area contributed by atoms with Crippen molar-refractivity contribution in [3.8, 4) is 0 Å². The van der Waals surface area contributed by atoms with Crippen molar-refractivity contribution in [2.75, 3.05) is 13.1 Å². The van der Waals surface area contributed by atoms with Gasteiger partial charge in [0.2, 0.25) is 0 Å². The van der Waals surface area contributed by atoms with Crippen LogP contribution in [0.3, 0.4) is 0 Å². The molecule has 0 aliphatic carbocycles. The molecule has 1 nitrogen and oxygen atoms in total. The van der Waals surface area contributed by atoms with Crippen LogP contribution in [0.15, 0.2) is 24.3 Å². The zero-order valence-electron chi connectivity index (χ0n) is 15.9. The lowest BCUT2D eigenvalue weighted by atomic mass is 9.84. The number of aryl methyl sites for hydroxylation is 1. The van der Waals surface area contributed by atoms with E-state index >= 15 is 0 Å². The molecule has 0 radical (unpaired) electrons. The van der Waals surface area contributed by atoms with E-state index < -0.39 is 0 Å². The van der Waals surface area contributed by atoms with Crippen molar-refractivity contribution in [2.24, 2.45) is 5.41 Å². The maximum atomic E-state index is 2.61. The molecule has 0 N–H and O–H groups in total. The molecular weight excluding hydrogens is 286 g/mol. The molecule has 0 spiro atoms. The van der Waals surface area contributed by atoms with Crippen molar-refractivity contribution in [2.45, 2.75) is 74.3 Å². The van der Waals surface area contributed by atoms with E-state index in [2.05, 4.69) is 56.9 Å². The molecule has 0 bridgehead atoms. The molecule has 1 aromatic rings. The summed E-state index contributed by atoms with van der Waals surface area (Å²) in [6.45, 7) is 18.8. The molecule has 0 aromatic carbocycles. The molecule has 1 aromatic heterocycles. The fraction of sp³-hybridized carbons (Fsp3) is 0.700. The Balaban J connectivity index is 0.000000540. The van der Waals surface area contributed by atoms with E-state index in [0.29, 0.717) is 5.41 Å². The van der Waals surface area contributed by atoms with Crippen molar-refractivity contribution < 1.29 is 0 Å². The Morgan fingerprint density at radius 2 is 1.95 bits per heavy atom. The Bertz CT molecular complexity index is 404. The van der Waals surface area contributed by atoms with Gasteiger partial charge in [0, 0.05) is 22.8 Å². The molecule has 0 unspecified atom stereocenters. The zero-order chi connectivity index (χ0) is 17.0. The topological polar surface area (TPSA) is 3.24 Å². The lowest BCUT2D eigenvalue weighted by Crippen LogP contribution is -2.39. The lowest BCUT2D eigenvalue weighted by molar-refractivity contribution is 0.112. The van der Waals surface area contributed by atoms with Crippen LogP contribution in [0, 0.1) is 12.3 Å². The summed E-state index contributed by atoms with van der Waals surface area (Å²) in [5.74, 6) is 0. The Morgan fingerprint density at radius 3 is 2.36 bits per heavy atom. The zero-order valence-corrected chi connectivity index (χ0v) is 16.7.